The van der Waals surface area contributed by atoms with Crippen molar-refractivity contribution in [2.45, 2.75) is 32.9 Å². The van der Waals surface area contributed by atoms with Gasteiger partial charge in [0.25, 0.3) is 5.91 Å². The van der Waals surface area contributed by atoms with Crippen molar-refractivity contribution in [3.05, 3.63) is 89.4 Å². The lowest BCUT2D eigenvalue weighted by atomic mass is 10.1. The molecule has 0 radical (unpaired) electrons. The van der Waals surface area contributed by atoms with E-state index >= 15 is 0 Å². The molecular formula is C24H27N3O3. The lowest BCUT2D eigenvalue weighted by Crippen LogP contribution is -2.31. The minimum absolute atomic E-state index is 0.0945. The SMILES string of the molecule is Cc1ccc(C(C)NCC(=O)Nc2ccccc2C(=O)NC(C)c2ccccc2)o1. The van der Waals surface area contributed by atoms with Gasteiger partial charge in [-0.15, -0.1) is 0 Å². The van der Waals surface area contributed by atoms with Gasteiger partial charge >= 0.3 is 0 Å². The molecule has 3 rings (SSSR count). The fourth-order valence-corrected chi connectivity index (χ4v) is 3.12. The maximum absolute atomic E-state index is 12.8. The molecule has 0 saturated carbocycles. The van der Waals surface area contributed by atoms with Crippen LogP contribution in [0.1, 0.15) is 53.4 Å². The Morgan fingerprint density at radius 1 is 0.900 bits per heavy atom. The standard InChI is InChI=1S/C24H27N3O3/c1-16-13-14-22(30-16)18(3)25-15-23(28)27-21-12-8-7-11-20(21)24(29)26-17(2)19-9-5-4-6-10-19/h4-14,17-18,25H,15H2,1-3H3,(H,26,29)(H,27,28). The molecule has 0 aliphatic heterocycles. The van der Waals surface area contributed by atoms with E-state index in [0.29, 0.717) is 11.3 Å². The third kappa shape index (κ3) is 5.58. The zero-order valence-electron chi connectivity index (χ0n) is 17.4. The van der Waals surface area contributed by atoms with Crippen molar-refractivity contribution >= 4 is 17.5 Å². The van der Waals surface area contributed by atoms with Crippen molar-refractivity contribution in [1.82, 2.24) is 10.6 Å². The normalized spacial score (nSPS) is 12.8. The zero-order valence-corrected chi connectivity index (χ0v) is 17.4. The first-order valence-corrected chi connectivity index (χ1v) is 9.98. The molecule has 1 aromatic heterocycles. The quantitative estimate of drug-likeness (QED) is 0.520. The number of hydrogen-bond donors (Lipinski definition) is 3. The molecule has 30 heavy (non-hydrogen) atoms. The molecule has 2 amide bonds. The largest absolute Gasteiger partial charge is 0.465 e. The Balaban J connectivity index is 1.60. The summed E-state index contributed by atoms with van der Waals surface area (Å²) in [5.41, 5.74) is 1.91. The number of hydrogen-bond acceptors (Lipinski definition) is 4. The Kier molecular flexibility index (Phi) is 7.03. The van der Waals surface area contributed by atoms with Gasteiger partial charge in [-0.05, 0) is 50.6 Å². The van der Waals surface area contributed by atoms with Crippen molar-refractivity contribution in [2.75, 3.05) is 11.9 Å². The first kappa shape index (κ1) is 21.3. The van der Waals surface area contributed by atoms with Gasteiger partial charge in [-0.1, -0.05) is 42.5 Å². The van der Waals surface area contributed by atoms with Crippen LogP contribution in [0.2, 0.25) is 0 Å². The summed E-state index contributed by atoms with van der Waals surface area (Å²) >= 11 is 0. The Bertz CT molecular complexity index is 998. The average molecular weight is 405 g/mol. The highest BCUT2D eigenvalue weighted by Gasteiger charge is 2.17. The van der Waals surface area contributed by atoms with E-state index < -0.39 is 0 Å². The summed E-state index contributed by atoms with van der Waals surface area (Å²) in [5.74, 6) is 1.12. The lowest BCUT2D eigenvalue weighted by Gasteiger charge is -2.17. The summed E-state index contributed by atoms with van der Waals surface area (Å²) in [6.07, 6.45) is 0. The fraction of sp³-hybridized carbons (Fsp3) is 0.250. The molecule has 0 saturated heterocycles. The number of benzene rings is 2. The van der Waals surface area contributed by atoms with Crippen molar-refractivity contribution < 1.29 is 14.0 Å². The van der Waals surface area contributed by atoms with Crippen molar-refractivity contribution in [3.63, 3.8) is 0 Å². The van der Waals surface area contributed by atoms with E-state index in [2.05, 4.69) is 16.0 Å². The molecule has 3 aromatic rings. The van der Waals surface area contributed by atoms with E-state index in [9.17, 15) is 9.59 Å². The van der Waals surface area contributed by atoms with Gasteiger partial charge in [-0.25, -0.2) is 0 Å². The van der Waals surface area contributed by atoms with Crippen molar-refractivity contribution in [3.8, 4) is 0 Å². The summed E-state index contributed by atoms with van der Waals surface area (Å²) in [6.45, 7) is 5.83. The first-order valence-electron chi connectivity index (χ1n) is 9.98. The van der Waals surface area contributed by atoms with Crippen LogP contribution in [0.3, 0.4) is 0 Å². The second-order valence-corrected chi connectivity index (χ2v) is 7.25. The number of para-hydroxylation sites is 1. The number of nitrogens with one attached hydrogen (secondary N) is 3. The van der Waals surface area contributed by atoms with Crippen molar-refractivity contribution in [2.24, 2.45) is 0 Å². The van der Waals surface area contributed by atoms with Gasteiger partial charge in [-0.3, -0.25) is 14.9 Å². The van der Waals surface area contributed by atoms with Crippen molar-refractivity contribution in [1.29, 1.82) is 0 Å². The smallest absolute Gasteiger partial charge is 0.253 e. The van der Waals surface area contributed by atoms with E-state index in [1.165, 1.54) is 0 Å². The molecule has 0 bridgehead atoms. The molecule has 156 valence electrons. The summed E-state index contributed by atoms with van der Waals surface area (Å²) < 4.78 is 5.57. The second kappa shape index (κ2) is 9.89. The van der Waals surface area contributed by atoms with E-state index in [0.717, 1.165) is 17.1 Å². The Morgan fingerprint density at radius 2 is 1.60 bits per heavy atom. The molecule has 2 aromatic carbocycles. The molecule has 0 aliphatic carbocycles. The number of amides is 2. The minimum Gasteiger partial charge on any atom is -0.465 e. The number of anilines is 1. The zero-order chi connectivity index (χ0) is 21.5. The third-order valence-corrected chi connectivity index (χ3v) is 4.85. The highest BCUT2D eigenvalue weighted by Crippen LogP contribution is 2.18. The maximum Gasteiger partial charge on any atom is 0.253 e. The highest BCUT2D eigenvalue weighted by atomic mass is 16.3. The summed E-state index contributed by atoms with van der Waals surface area (Å²) in [7, 11) is 0. The third-order valence-electron chi connectivity index (χ3n) is 4.85. The van der Waals surface area contributed by atoms with E-state index in [-0.39, 0.29) is 30.4 Å². The highest BCUT2D eigenvalue weighted by molar-refractivity contribution is 6.04. The van der Waals surface area contributed by atoms with Crippen LogP contribution in [0.5, 0.6) is 0 Å². The molecule has 0 aliphatic rings. The van der Waals surface area contributed by atoms with Gasteiger partial charge in [0, 0.05) is 0 Å². The topological polar surface area (TPSA) is 83.4 Å². The Labute approximate surface area is 176 Å². The lowest BCUT2D eigenvalue weighted by molar-refractivity contribution is -0.115. The van der Waals surface area contributed by atoms with Crippen LogP contribution in [0.4, 0.5) is 5.69 Å². The van der Waals surface area contributed by atoms with E-state index in [1.807, 2.05) is 63.2 Å². The van der Waals surface area contributed by atoms with Gasteiger partial charge in [0.05, 0.1) is 29.9 Å². The predicted octanol–water partition coefficient (Wildman–Crippen LogP) is 4.37. The molecule has 3 N–H and O–H groups in total. The Morgan fingerprint density at radius 3 is 2.30 bits per heavy atom. The van der Waals surface area contributed by atoms with Crippen LogP contribution in [-0.2, 0) is 4.79 Å². The minimum atomic E-state index is -0.241. The van der Waals surface area contributed by atoms with Crippen LogP contribution >= 0.6 is 0 Å². The summed E-state index contributed by atoms with van der Waals surface area (Å²) in [6, 6.07) is 20.2. The van der Waals surface area contributed by atoms with Gasteiger partial charge in [0.2, 0.25) is 5.91 Å². The molecule has 2 unspecified atom stereocenters. The number of rotatable bonds is 8. The van der Waals surface area contributed by atoms with E-state index in [4.69, 9.17) is 4.42 Å². The summed E-state index contributed by atoms with van der Waals surface area (Å²) in [5, 5.41) is 8.93. The van der Waals surface area contributed by atoms with Crippen LogP contribution < -0.4 is 16.0 Å². The average Bonchev–Trinajstić information content (AvgIpc) is 3.19. The molecule has 0 spiro atoms. The van der Waals surface area contributed by atoms with Crippen LogP contribution in [-0.4, -0.2) is 18.4 Å². The van der Waals surface area contributed by atoms with Gasteiger partial charge in [-0.2, -0.15) is 0 Å². The van der Waals surface area contributed by atoms with Gasteiger partial charge in [0.1, 0.15) is 11.5 Å². The maximum atomic E-state index is 12.8. The molecular weight excluding hydrogens is 378 g/mol. The van der Waals surface area contributed by atoms with Gasteiger partial charge < -0.3 is 15.1 Å². The number of carbonyl (C=O) groups excluding carboxylic acids is 2. The molecule has 1 heterocycles. The number of carbonyl (C=O) groups is 2. The summed E-state index contributed by atoms with van der Waals surface area (Å²) in [4.78, 5) is 25.2. The second-order valence-electron chi connectivity index (χ2n) is 7.25. The van der Waals surface area contributed by atoms with Gasteiger partial charge in [0.15, 0.2) is 0 Å². The van der Waals surface area contributed by atoms with E-state index in [1.54, 1.807) is 24.3 Å². The van der Waals surface area contributed by atoms with Crippen LogP contribution in [0.15, 0.2) is 71.1 Å². The Hall–Kier alpha value is -3.38. The molecule has 2 atom stereocenters. The molecule has 6 heteroatoms. The number of aryl methyl sites for hydroxylation is 1. The van der Waals surface area contributed by atoms with Crippen LogP contribution in [0.25, 0.3) is 0 Å². The molecule has 6 nitrogen and oxygen atoms in total. The van der Waals surface area contributed by atoms with Crippen LogP contribution in [0, 0.1) is 6.92 Å². The molecule has 0 fully saturated rings. The predicted molar refractivity (Wildman–Crippen MR) is 117 cm³/mol. The monoisotopic (exact) mass is 405 g/mol. The first-order chi connectivity index (χ1) is 14.4. The fourth-order valence-electron chi connectivity index (χ4n) is 3.12. The number of furan rings is 1.